The molecule has 148 valence electrons. The van der Waals surface area contributed by atoms with E-state index in [1.165, 1.54) is 0 Å². The fourth-order valence-electron chi connectivity index (χ4n) is 2.55. The zero-order valence-corrected chi connectivity index (χ0v) is 16.0. The van der Waals surface area contributed by atoms with Crippen molar-refractivity contribution in [3.63, 3.8) is 0 Å². The van der Waals surface area contributed by atoms with Gasteiger partial charge < -0.3 is 14.8 Å². The lowest BCUT2D eigenvalue weighted by Crippen LogP contribution is -2.21. The second-order valence-electron chi connectivity index (χ2n) is 6.54. The van der Waals surface area contributed by atoms with Crippen molar-refractivity contribution in [2.45, 2.75) is 20.0 Å². The third kappa shape index (κ3) is 5.38. The van der Waals surface area contributed by atoms with Crippen LogP contribution in [0.2, 0.25) is 0 Å². The topological polar surface area (TPSA) is 94.6 Å². The maximum Gasteiger partial charge on any atom is 0.357 e. The molecule has 3 aromatic rings. The summed E-state index contributed by atoms with van der Waals surface area (Å²) in [6.45, 7) is 3.08. The number of hydrogen-bond donors (Lipinski definition) is 1. The molecule has 3 rings (SSSR count). The van der Waals surface area contributed by atoms with Crippen LogP contribution >= 0.6 is 0 Å². The number of ether oxygens (including phenoxy) is 2. The van der Waals surface area contributed by atoms with Crippen molar-refractivity contribution in [1.29, 1.82) is 0 Å². The van der Waals surface area contributed by atoms with Gasteiger partial charge in [-0.3, -0.25) is 4.79 Å². The molecule has 0 fully saturated rings. The van der Waals surface area contributed by atoms with Gasteiger partial charge in [-0.25, -0.2) is 14.6 Å². The van der Waals surface area contributed by atoms with Gasteiger partial charge in [0.25, 0.3) is 5.91 Å². The molecule has 0 atom stereocenters. The van der Waals surface area contributed by atoms with Crippen LogP contribution in [0.15, 0.2) is 60.7 Å². The lowest BCUT2D eigenvalue weighted by molar-refractivity contribution is -0.119. The summed E-state index contributed by atoms with van der Waals surface area (Å²) < 4.78 is 10.1. The van der Waals surface area contributed by atoms with E-state index in [0.717, 1.165) is 5.39 Å². The van der Waals surface area contributed by atoms with Gasteiger partial charge in [0, 0.05) is 11.1 Å². The summed E-state index contributed by atoms with van der Waals surface area (Å²) in [7, 11) is 0. The maximum atomic E-state index is 12.1. The number of pyridine rings is 1. The third-order valence-corrected chi connectivity index (χ3v) is 3.89. The summed E-state index contributed by atoms with van der Waals surface area (Å²) >= 11 is 0. The molecule has 1 amide bonds. The highest BCUT2D eigenvalue weighted by Crippen LogP contribution is 2.13. The normalized spacial score (nSPS) is 10.6. The number of amides is 1. The van der Waals surface area contributed by atoms with E-state index in [0.29, 0.717) is 16.8 Å². The van der Waals surface area contributed by atoms with Gasteiger partial charge in [-0.2, -0.15) is 0 Å². The van der Waals surface area contributed by atoms with Gasteiger partial charge in [-0.15, -0.1) is 0 Å². The van der Waals surface area contributed by atoms with E-state index in [4.69, 9.17) is 9.47 Å². The van der Waals surface area contributed by atoms with Gasteiger partial charge in [0.05, 0.1) is 17.2 Å². The van der Waals surface area contributed by atoms with E-state index in [1.807, 2.05) is 18.2 Å². The van der Waals surface area contributed by atoms with E-state index in [-0.39, 0.29) is 11.8 Å². The van der Waals surface area contributed by atoms with Crippen LogP contribution < -0.4 is 5.32 Å². The highest BCUT2D eigenvalue weighted by atomic mass is 16.5. The predicted molar refractivity (Wildman–Crippen MR) is 108 cm³/mol. The Morgan fingerprint density at radius 2 is 1.66 bits per heavy atom. The summed E-state index contributed by atoms with van der Waals surface area (Å²) in [5.74, 6) is -1.62. The minimum atomic E-state index is -0.683. The molecule has 7 nitrogen and oxygen atoms in total. The summed E-state index contributed by atoms with van der Waals surface area (Å²) in [5.41, 5.74) is 1.65. The zero-order valence-electron chi connectivity index (χ0n) is 16.0. The van der Waals surface area contributed by atoms with E-state index in [2.05, 4.69) is 10.3 Å². The van der Waals surface area contributed by atoms with Crippen LogP contribution in [-0.4, -0.2) is 35.5 Å². The fourth-order valence-corrected chi connectivity index (χ4v) is 2.55. The number of para-hydroxylation sites is 1. The molecule has 2 aromatic carbocycles. The quantitative estimate of drug-likeness (QED) is 0.644. The first-order valence-corrected chi connectivity index (χ1v) is 9.06. The summed E-state index contributed by atoms with van der Waals surface area (Å²) in [5, 5.41) is 3.50. The predicted octanol–water partition coefficient (Wildman–Crippen LogP) is 3.60. The number of nitrogens with zero attached hydrogens (tertiary/aromatic N) is 1. The van der Waals surface area contributed by atoms with E-state index >= 15 is 0 Å². The maximum absolute atomic E-state index is 12.1. The van der Waals surface area contributed by atoms with Crippen molar-refractivity contribution in [2.24, 2.45) is 0 Å². The first-order chi connectivity index (χ1) is 13.9. The number of rotatable bonds is 6. The lowest BCUT2D eigenvalue weighted by atomic mass is 10.2. The van der Waals surface area contributed by atoms with Crippen LogP contribution in [0.1, 0.15) is 34.7 Å². The van der Waals surface area contributed by atoms with Gasteiger partial charge in [0.15, 0.2) is 6.61 Å². The summed E-state index contributed by atoms with van der Waals surface area (Å²) in [6.07, 6.45) is -0.214. The molecular formula is C22H20N2O5. The Hall–Kier alpha value is -3.74. The van der Waals surface area contributed by atoms with E-state index in [1.54, 1.807) is 56.3 Å². The van der Waals surface area contributed by atoms with Crippen LogP contribution in [0, 0.1) is 0 Å². The molecule has 0 bridgehead atoms. The van der Waals surface area contributed by atoms with Crippen molar-refractivity contribution in [3.8, 4) is 0 Å². The number of carbonyl (C=O) groups excluding carboxylic acids is 3. The highest BCUT2D eigenvalue weighted by molar-refractivity contribution is 5.96. The Morgan fingerprint density at radius 3 is 2.38 bits per heavy atom. The number of esters is 2. The Morgan fingerprint density at radius 1 is 0.931 bits per heavy atom. The molecule has 0 unspecified atom stereocenters. The number of carbonyl (C=O) groups is 3. The SMILES string of the molecule is CC(C)OC(=O)c1ccc(NC(=O)COC(=O)c2ccc3ccccc3n2)cc1. The molecule has 7 heteroatoms. The molecule has 0 spiro atoms. The van der Waals surface area contributed by atoms with Crippen molar-refractivity contribution in [1.82, 2.24) is 4.98 Å². The van der Waals surface area contributed by atoms with Crippen LogP contribution in [0.3, 0.4) is 0 Å². The second-order valence-corrected chi connectivity index (χ2v) is 6.54. The first kappa shape index (κ1) is 20.0. The molecule has 1 N–H and O–H groups in total. The molecular weight excluding hydrogens is 372 g/mol. The molecule has 1 aromatic heterocycles. The molecule has 0 radical (unpaired) electrons. The molecule has 0 aliphatic heterocycles. The van der Waals surface area contributed by atoms with Gasteiger partial charge in [-0.05, 0) is 50.2 Å². The van der Waals surface area contributed by atoms with E-state index in [9.17, 15) is 14.4 Å². The van der Waals surface area contributed by atoms with Crippen LogP contribution in [0.5, 0.6) is 0 Å². The molecule has 0 saturated heterocycles. The Labute approximate surface area is 167 Å². The minimum Gasteiger partial charge on any atom is -0.459 e. The molecule has 1 heterocycles. The molecule has 0 aliphatic carbocycles. The standard InChI is InChI=1S/C22H20N2O5/c1-14(2)29-21(26)16-7-10-17(11-8-16)23-20(25)13-28-22(27)19-12-9-15-5-3-4-6-18(15)24-19/h3-12,14H,13H2,1-2H3,(H,23,25). The number of anilines is 1. The lowest BCUT2D eigenvalue weighted by Gasteiger charge is -2.09. The van der Waals surface area contributed by atoms with Crippen molar-refractivity contribution in [3.05, 3.63) is 71.9 Å². The average Bonchev–Trinajstić information content (AvgIpc) is 2.71. The van der Waals surface area contributed by atoms with Gasteiger partial charge in [0.2, 0.25) is 0 Å². The summed E-state index contributed by atoms with van der Waals surface area (Å²) in [4.78, 5) is 40.2. The highest BCUT2D eigenvalue weighted by Gasteiger charge is 2.13. The molecule has 0 saturated carbocycles. The van der Waals surface area contributed by atoms with Gasteiger partial charge in [0.1, 0.15) is 5.69 Å². The van der Waals surface area contributed by atoms with Crippen LogP contribution in [0.25, 0.3) is 10.9 Å². The van der Waals surface area contributed by atoms with Crippen LogP contribution in [0.4, 0.5) is 5.69 Å². The van der Waals surface area contributed by atoms with Gasteiger partial charge >= 0.3 is 11.9 Å². The molecule has 0 aliphatic rings. The number of nitrogens with one attached hydrogen (secondary N) is 1. The average molecular weight is 392 g/mol. The smallest absolute Gasteiger partial charge is 0.357 e. The minimum absolute atomic E-state index is 0.129. The first-order valence-electron chi connectivity index (χ1n) is 9.06. The van der Waals surface area contributed by atoms with Crippen molar-refractivity contribution >= 4 is 34.4 Å². The monoisotopic (exact) mass is 392 g/mol. The number of fused-ring (bicyclic) bond motifs is 1. The number of hydrogen-bond acceptors (Lipinski definition) is 6. The van der Waals surface area contributed by atoms with Crippen molar-refractivity contribution in [2.75, 3.05) is 11.9 Å². The third-order valence-electron chi connectivity index (χ3n) is 3.89. The zero-order chi connectivity index (χ0) is 20.8. The van der Waals surface area contributed by atoms with Gasteiger partial charge in [-0.1, -0.05) is 24.3 Å². The number of benzene rings is 2. The van der Waals surface area contributed by atoms with Crippen molar-refractivity contribution < 1.29 is 23.9 Å². The number of aromatic nitrogens is 1. The Kier molecular flexibility index (Phi) is 6.19. The largest absolute Gasteiger partial charge is 0.459 e. The molecule has 29 heavy (non-hydrogen) atoms. The van der Waals surface area contributed by atoms with Crippen LogP contribution in [-0.2, 0) is 14.3 Å². The summed E-state index contributed by atoms with van der Waals surface area (Å²) in [6, 6.07) is 16.9. The second kappa shape index (κ2) is 8.97. The Bertz CT molecular complexity index is 1040. The fraction of sp³-hybridized carbons (Fsp3) is 0.182. The Balaban J connectivity index is 1.53. The van der Waals surface area contributed by atoms with E-state index < -0.39 is 24.5 Å².